The summed E-state index contributed by atoms with van der Waals surface area (Å²) in [7, 11) is 0. The van der Waals surface area contributed by atoms with E-state index in [9.17, 15) is 4.79 Å². The Kier molecular flexibility index (Phi) is 5.48. The number of benzene rings is 2. The lowest BCUT2D eigenvalue weighted by molar-refractivity contribution is 0.208. The van der Waals surface area contributed by atoms with Gasteiger partial charge in [0.25, 0.3) is 0 Å². The Morgan fingerprint density at radius 2 is 1.63 bits per heavy atom. The van der Waals surface area contributed by atoms with Crippen LogP contribution >= 0.6 is 15.9 Å². The number of hydrogen-bond acceptors (Lipinski definition) is 2. The molecule has 0 atom stereocenters. The van der Waals surface area contributed by atoms with Gasteiger partial charge in [-0.2, -0.15) is 0 Å². The molecule has 2 aromatic rings. The highest BCUT2D eigenvalue weighted by atomic mass is 79.9. The van der Waals surface area contributed by atoms with Gasteiger partial charge in [-0.25, -0.2) is 4.79 Å². The second kappa shape index (κ2) is 8.17. The molecule has 0 aromatic heterocycles. The van der Waals surface area contributed by atoms with Crippen LogP contribution in [0.25, 0.3) is 0 Å². The molecule has 5 heteroatoms. The first kappa shape index (κ1) is 18.1. The van der Waals surface area contributed by atoms with Crippen molar-refractivity contribution in [1.29, 1.82) is 0 Å². The van der Waals surface area contributed by atoms with Gasteiger partial charge in [0.15, 0.2) is 0 Å². The van der Waals surface area contributed by atoms with E-state index in [2.05, 4.69) is 51.2 Å². The van der Waals surface area contributed by atoms with E-state index in [-0.39, 0.29) is 6.03 Å². The zero-order chi connectivity index (χ0) is 18.6. The number of rotatable bonds is 4. The molecular formula is C22H24BrN3O. The lowest BCUT2D eigenvalue weighted by Gasteiger charge is -2.37. The van der Waals surface area contributed by atoms with Gasteiger partial charge in [-0.1, -0.05) is 34.1 Å². The molecule has 0 N–H and O–H groups in total. The number of piperidine rings is 1. The van der Waals surface area contributed by atoms with Crippen molar-refractivity contribution in [3.05, 3.63) is 71.3 Å². The van der Waals surface area contributed by atoms with Crippen LogP contribution in [-0.4, -0.2) is 37.1 Å². The fraction of sp³-hybridized carbons (Fsp3) is 0.318. The molecule has 0 aliphatic carbocycles. The molecule has 2 aliphatic heterocycles. The Bertz CT molecular complexity index is 798. The molecule has 1 saturated heterocycles. The summed E-state index contributed by atoms with van der Waals surface area (Å²) >= 11 is 3.50. The number of hydrogen-bond donors (Lipinski definition) is 0. The molecule has 0 spiro atoms. The van der Waals surface area contributed by atoms with Crippen molar-refractivity contribution in [2.24, 2.45) is 5.92 Å². The molecule has 1 fully saturated rings. The molecule has 4 rings (SSSR count). The monoisotopic (exact) mass is 425 g/mol. The normalized spacial score (nSPS) is 18.3. The van der Waals surface area contributed by atoms with Gasteiger partial charge in [0.05, 0.1) is 0 Å². The van der Waals surface area contributed by atoms with E-state index in [4.69, 9.17) is 0 Å². The van der Waals surface area contributed by atoms with Gasteiger partial charge in [0, 0.05) is 48.2 Å². The molecule has 0 saturated carbocycles. The zero-order valence-corrected chi connectivity index (χ0v) is 16.9. The highest BCUT2D eigenvalue weighted by Gasteiger charge is 2.27. The van der Waals surface area contributed by atoms with Crippen molar-refractivity contribution in [1.82, 2.24) is 4.90 Å². The molecule has 2 aliphatic rings. The number of amides is 2. The third kappa shape index (κ3) is 4.19. The molecule has 140 valence electrons. The summed E-state index contributed by atoms with van der Waals surface area (Å²) in [5.74, 6) is 0.543. The summed E-state index contributed by atoms with van der Waals surface area (Å²) in [5, 5.41) is 0. The number of para-hydroxylation sites is 1. The summed E-state index contributed by atoms with van der Waals surface area (Å²) in [5.41, 5.74) is 2.24. The number of carbonyl (C=O) groups is 1. The van der Waals surface area contributed by atoms with Gasteiger partial charge >= 0.3 is 6.03 Å². The smallest absolute Gasteiger partial charge is 0.328 e. The van der Waals surface area contributed by atoms with Gasteiger partial charge in [0.1, 0.15) is 0 Å². The number of urea groups is 1. The number of nitrogens with zero attached hydrogens (tertiary/aromatic N) is 3. The van der Waals surface area contributed by atoms with Crippen LogP contribution in [0.5, 0.6) is 0 Å². The number of carbonyl (C=O) groups excluding carboxylic acids is 1. The third-order valence-corrected chi connectivity index (χ3v) is 5.91. The first-order valence-corrected chi connectivity index (χ1v) is 10.3. The van der Waals surface area contributed by atoms with Crippen LogP contribution in [0.4, 0.5) is 16.2 Å². The predicted octanol–water partition coefficient (Wildman–Crippen LogP) is 5.12. The minimum Gasteiger partial charge on any atom is -0.372 e. The number of halogens is 1. The first-order chi connectivity index (χ1) is 13.2. The van der Waals surface area contributed by atoms with Crippen LogP contribution in [0.2, 0.25) is 0 Å². The predicted molar refractivity (Wildman–Crippen MR) is 114 cm³/mol. The van der Waals surface area contributed by atoms with Crippen molar-refractivity contribution in [2.45, 2.75) is 12.8 Å². The van der Waals surface area contributed by atoms with Crippen molar-refractivity contribution >= 4 is 33.3 Å². The van der Waals surface area contributed by atoms with Crippen molar-refractivity contribution < 1.29 is 4.79 Å². The highest BCUT2D eigenvalue weighted by molar-refractivity contribution is 9.10. The maximum absolute atomic E-state index is 12.9. The van der Waals surface area contributed by atoms with Crippen LogP contribution < -0.4 is 9.80 Å². The van der Waals surface area contributed by atoms with Gasteiger partial charge < -0.3 is 9.80 Å². The van der Waals surface area contributed by atoms with Crippen molar-refractivity contribution in [3.63, 3.8) is 0 Å². The van der Waals surface area contributed by atoms with E-state index in [1.807, 2.05) is 46.3 Å². The Morgan fingerprint density at radius 1 is 0.926 bits per heavy atom. The van der Waals surface area contributed by atoms with Crippen molar-refractivity contribution in [3.8, 4) is 0 Å². The van der Waals surface area contributed by atoms with Crippen LogP contribution in [-0.2, 0) is 0 Å². The summed E-state index contributed by atoms with van der Waals surface area (Å²) < 4.78 is 1.11. The Labute approximate surface area is 169 Å². The van der Waals surface area contributed by atoms with Gasteiger partial charge in [-0.15, -0.1) is 0 Å². The largest absolute Gasteiger partial charge is 0.372 e. The maximum Gasteiger partial charge on any atom is 0.328 e. The Balaban J connectivity index is 1.35. The van der Waals surface area contributed by atoms with E-state index < -0.39 is 0 Å². The lowest BCUT2D eigenvalue weighted by atomic mass is 9.95. The maximum atomic E-state index is 12.9. The van der Waals surface area contributed by atoms with E-state index in [0.717, 1.165) is 42.6 Å². The molecule has 4 nitrogen and oxygen atoms in total. The molecule has 0 radical (unpaired) electrons. The second-order valence-corrected chi connectivity index (χ2v) is 8.09. The standard InChI is InChI=1S/C22H24BrN3O/c23-19-7-9-20(10-8-19)24-15-11-18(12-16-24)17-25-13-4-14-26(22(25)27)21-5-2-1-3-6-21/h1-10,13,18H,11-12,14-17H2. The van der Waals surface area contributed by atoms with E-state index in [0.29, 0.717) is 12.5 Å². The summed E-state index contributed by atoms with van der Waals surface area (Å²) in [6.45, 7) is 3.52. The molecule has 2 heterocycles. The molecule has 0 bridgehead atoms. The van der Waals surface area contributed by atoms with E-state index in [1.165, 1.54) is 5.69 Å². The van der Waals surface area contributed by atoms with Crippen LogP contribution in [0.15, 0.2) is 71.3 Å². The molecule has 2 amide bonds. The zero-order valence-electron chi connectivity index (χ0n) is 15.3. The third-order valence-electron chi connectivity index (χ3n) is 5.38. The SMILES string of the molecule is O=C1N(CC2CCN(c3ccc(Br)cc3)CC2)C=CCN1c1ccccc1. The van der Waals surface area contributed by atoms with Gasteiger partial charge in [0.2, 0.25) is 0 Å². The minimum atomic E-state index is 0.0824. The summed E-state index contributed by atoms with van der Waals surface area (Å²) in [4.78, 5) is 19.1. The van der Waals surface area contributed by atoms with Gasteiger partial charge in [-0.05, 0) is 61.2 Å². The first-order valence-electron chi connectivity index (χ1n) is 9.51. The Morgan fingerprint density at radius 3 is 2.33 bits per heavy atom. The van der Waals surface area contributed by atoms with E-state index >= 15 is 0 Å². The molecular weight excluding hydrogens is 402 g/mol. The lowest BCUT2D eigenvalue weighted by Crippen LogP contribution is -2.47. The van der Waals surface area contributed by atoms with E-state index in [1.54, 1.807) is 0 Å². The molecule has 0 unspecified atom stereocenters. The molecule has 27 heavy (non-hydrogen) atoms. The fourth-order valence-corrected chi connectivity index (χ4v) is 4.11. The van der Waals surface area contributed by atoms with Crippen LogP contribution in [0.3, 0.4) is 0 Å². The average molecular weight is 426 g/mol. The van der Waals surface area contributed by atoms with Crippen LogP contribution in [0, 0.1) is 5.92 Å². The van der Waals surface area contributed by atoms with Crippen molar-refractivity contribution in [2.75, 3.05) is 36.0 Å². The topological polar surface area (TPSA) is 26.8 Å². The van der Waals surface area contributed by atoms with Crippen LogP contribution in [0.1, 0.15) is 12.8 Å². The van der Waals surface area contributed by atoms with Gasteiger partial charge in [-0.3, -0.25) is 4.90 Å². The Hall–Kier alpha value is -2.27. The summed E-state index contributed by atoms with van der Waals surface area (Å²) in [6.07, 6.45) is 6.26. The quantitative estimate of drug-likeness (QED) is 0.679. The summed E-state index contributed by atoms with van der Waals surface area (Å²) in [6, 6.07) is 18.5. The average Bonchev–Trinajstić information content (AvgIpc) is 2.71. The molecule has 2 aromatic carbocycles. The highest BCUT2D eigenvalue weighted by Crippen LogP contribution is 2.26. The minimum absolute atomic E-state index is 0.0824. The fourth-order valence-electron chi connectivity index (χ4n) is 3.84. The number of anilines is 2. The second-order valence-electron chi connectivity index (χ2n) is 7.17.